The average molecular weight is 528 g/mol. The molecule has 3 aromatic heterocycles. The fourth-order valence-electron chi connectivity index (χ4n) is 2.72. The molecule has 0 bridgehead atoms. The molecule has 3 aromatic rings. The van der Waals surface area contributed by atoms with Gasteiger partial charge in [-0.25, -0.2) is 19.6 Å². The number of aromatic nitrogens is 5. The lowest BCUT2D eigenvalue weighted by Gasteiger charge is -2.27. The topological polar surface area (TPSA) is 126 Å². The van der Waals surface area contributed by atoms with Gasteiger partial charge in [0.15, 0.2) is 0 Å². The summed E-state index contributed by atoms with van der Waals surface area (Å²) in [5.74, 6) is -4.38. The molecular formula is C18H18F6N6O4S. The largest absolute Gasteiger partial charge is 0.490 e. The quantitative estimate of drug-likeness (QED) is 0.495. The molecule has 0 unspecified atom stereocenters. The van der Waals surface area contributed by atoms with Crippen molar-refractivity contribution < 1.29 is 46.1 Å². The van der Waals surface area contributed by atoms with Crippen molar-refractivity contribution in [3.8, 4) is 0 Å². The minimum atomic E-state index is -5.08. The first kappa shape index (κ1) is 27.8. The van der Waals surface area contributed by atoms with E-state index in [2.05, 4.69) is 24.5 Å². The Hall–Kier alpha value is -3.47. The molecule has 17 heteroatoms. The molecule has 0 spiro atoms. The van der Waals surface area contributed by atoms with E-state index < -0.39 is 24.3 Å². The van der Waals surface area contributed by atoms with Gasteiger partial charge in [-0.3, -0.25) is 9.58 Å². The number of fused-ring (bicyclic) bond motifs is 1. The Morgan fingerprint density at radius 3 is 2.09 bits per heavy atom. The van der Waals surface area contributed by atoms with E-state index in [9.17, 15) is 26.3 Å². The SMILES string of the molecule is O=C(O)C(F)(F)F.O=C(O)C(F)(F)F.c1cnn(Cc2cnc3n2CCN(Cc2nccs2)C3)c1. The highest BCUT2D eigenvalue weighted by Gasteiger charge is 2.38. The Balaban J connectivity index is 0.000000257. The number of aliphatic carboxylic acids is 2. The number of imidazole rings is 1. The van der Waals surface area contributed by atoms with Crippen molar-refractivity contribution in [3.63, 3.8) is 0 Å². The highest BCUT2D eigenvalue weighted by Crippen LogP contribution is 2.18. The Morgan fingerprint density at radius 2 is 1.60 bits per heavy atom. The smallest absolute Gasteiger partial charge is 0.475 e. The molecule has 35 heavy (non-hydrogen) atoms. The monoisotopic (exact) mass is 528 g/mol. The van der Waals surface area contributed by atoms with E-state index in [0.29, 0.717) is 0 Å². The van der Waals surface area contributed by atoms with Gasteiger partial charge in [0.2, 0.25) is 0 Å². The molecule has 0 atom stereocenters. The van der Waals surface area contributed by atoms with Crippen molar-refractivity contribution in [1.29, 1.82) is 0 Å². The maximum atomic E-state index is 10.6. The molecule has 1 aliphatic rings. The second kappa shape index (κ2) is 11.8. The van der Waals surface area contributed by atoms with Crippen molar-refractivity contribution in [1.82, 2.24) is 29.2 Å². The second-order valence-corrected chi connectivity index (χ2v) is 7.74. The van der Waals surface area contributed by atoms with Gasteiger partial charge in [-0.05, 0) is 6.07 Å². The summed E-state index contributed by atoms with van der Waals surface area (Å²) < 4.78 is 67.7. The zero-order valence-electron chi connectivity index (χ0n) is 17.6. The molecule has 1 aliphatic heterocycles. The number of alkyl halides is 6. The minimum Gasteiger partial charge on any atom is -0.475 e. The van der Waals surface area contributed by atoms with Gasteiger partial charge in [-0.1, -0.05) is 0 Å². The lowest BCUT2D eigenvalue weighted by atomic mass is 10.3. The Kier molecular flexibility index (Phi) is 9.35. The van der Waals surface area contributed by atoms with Crippen LogP contribution in [0, 0.1) is 0 Å². The van der Waals surface area contributed by atoms with E-state index >= 15 is 0 Å². The lowest BCUT2D eigenvalue weighted by molar-refractivity contribution is -0.193. The van der Waals surface area contributed by atoms with Crippen molar-refractivity contribution in [2.75, 3.05) is 6.54 Å². The van der Waals surface area contributed by atoms with Crippen molar-refractivity contribution in [3.05, 3.63) is 52.8 Å². The fraction of sp³-hybridized carbons (Fsp3) is 0.389. The number of thiazole rings is 1. The molecule has 0 saturated carbocycles. The van der Waals surface area contributed by atoms with Crippen LogP contribution in [0.4, 0.5) is 26.3 Å². The summed E-state index contributed by atoms with van der Waals surface area (Å²) in [6.45, 7) is 4.61. The molecule has 0 amide bonds. The van der Waals surface area contributed by atoms with Crippen LogP contribution in [0.1, 0.15) is 16.5 Å². The van der Waals surface area contributed by atoms with Gasteiger partial charge in [0.25, 0.3) is 0 Å². The van der Waals surface area contributed by atoms with Gasteiger partial charge < -0.3 is 14.8 Å². The van der Waals surface area contributed by atoms with Crippen LogP contribution in [0.15, 0.2) is 36.2 Å². The van der Waals surface area contributed by atoms with Crippen LogP contribution in [0.25, 0.3) is 0 Å². The molecule has 4 rings (SSSR count). The van der Waals surface area contributed by atoms with Gasteiger partial charge in [-0.2, -0.15) is 31.4 Å². The first-order valence-corrected chi connectivity index (χ1v) is 10.4. The van der Waals surface area contributed by atoms with Crippen molar-refractivity contribution >= 4 is 23.3 Å². The van der Waals surface area contributed by atoms with Gasteiger partial charge >= 0.3 is 24.3 Å². The molecule has 2 N–H and O–H groups in total. The third kappa shape index (κ3) is 9.01. The van der Waals surface area contributed by atoms with E-state index in [1.54, 1.807) is 11.3 Å². The van der Waals surface area contributed by atoms with Crippen LogP contribution in [0.5, 0.6) is 0 Å². The van der Waals surface area contributed by atoms with Crippen LogP contribution >= 0.6 is 11.3 Å². The number of carboxylic acid groups (broad SMARTS) is 2. The van der Waals surface area contributed by atoms with Gasteiger partial charge in [0, 0.05) is 37.1 Å². The predicted octanol–water partition coefficient (Wildman–Crippen LogP) is 2.87. The molecule has 10 nitrogen and oxygen atoms in total. The zero-order valence-corrected chi connectivity index (χ0v) is 18.4. The standard InChI is InChI=1S/C14H16N6S.2C2HF3O2/c1-2-17-19(4-1)9-12-8-16-13-10-18(5-6-20(12)13)11-14-15-3-7-21-14;2*3-2(4,5)1(6)7/h1-4,7-8H,5-6,9-11H2;2*(H,6,7). The number of hydrogen-bond acceptors (Lipinski definition) is 7. The molecule has 4 heterocycles. The normalized spacial score (nSPS) is 13.7. The third-order valence-electron chi connectivity index (χ3n) is 4.24. The number of hydrogen-bond donors (Lipinski definition) is 2. The molecule has 192 valence electrons. The average Bonchev–Trinajstić information content (AvgIpc) is 3.51. The predicted molar refractivity (Wildman–Crippen MR) is 107 cm³/mol. The first-order valence-electron chi connectivity index (χ1n) is 9.49. The van der Waals surface area contributed by atoms with E-state index in [-0.39, 0.29) is 0 Å². The molecule has 0 radical (unpaired) electrons. The number of halogens is 6. The number of carboxylic acids is 2. The summed E-state index contributed by atoms with van der Waals surface area (Å²) in [4.78, 5) is 29.1. The van der Waals surface area contributed by atoms with E-state index in [0.717, 1.165) is 38.5 Å². The maximum Gasteiger partial charge on any atom is 0.490 e. The van der Waals surface area contributed by atoms with Crippen molar-refractivity contribution in [2.24, 2.45) is 0 Å². The van der Waals surface area contributed by atoms with Crippen LogP contribution < -0.4 is 0 Å². The Labute approximate surface area is 197 Å². The van der Waals surface area contributed by atoms with Crippen LogP contribution in [-0.2, 0) is 35.8 Å². The summed E-state index contributed by atoms with van der Waals surface area (Å²) in [6, 6.07) is 1.95. The molecule has 0 aliphatic carbocycles. The Bertz CT molecular complexity index is 1060. The van der Waals surface area contributed by atoms with Gasteiger partial charge in [-0.15, -0.1) is 11.3 Å². The molecule has 0 fully saturated rings. The molecule has 0 saturated heterocycles. The van der Waals surface area contributed by atoms with E-state index in [4.69, 9.17) is 19.8 Å². The lowest BCUT2D eigenvalue weighted by Crippen LogP contribution is -2.34. The zero-order chi connectivity index (χ0) is 26.2. The van der Waals surface area contributed by atoms with Crippen LogP contribution in [-0.4, -0.2) is 70.3 Å². The highest BCUT2D eigenvalue weighted by molar-refractivity contribution is 7.09. The number of carbonyl (C=O) groups is 2. The van der Waals surface area contributed by atoms with Crippen molar-refractivity contribution in [2.45, 2.75) is 38.5 Å². The third-order valence-corrected chi connectivity index (χ3v) is 5.00. The number of nitrogens with zero attached hydrogens (tertiary/aromatic N) is 6. The fourth-order valence-corrected chi connectivity index (χ4v) is 3.37. The Morgan fingerprint density at radius 1 is 0.971 bits per heavy atom. The first-order chi connectivity index (χ1) is 16.3. The summed E-state index contributed by atoms with van der Waals surface area (Å²) >= 11 is 1.71. The van der Waals surface area contributed by atoms with Crippen LogP contribution in [0.2, 0.25) is 0 Å². The van der Waals surface area contributed by atoms with E-state index in [1.807, 2.05) is 40.9 Å². The summed E-state index contributed by atoms with van der Waals surface area (Å²) in [5.41, 5.74) is 1.22. The maximum absolute atomic E-state index is 10.6. The summed E-state index contributed by atoms with van der Waals surface area (Å²) in [7, 11) is 0. The van der Waals surface area contributed by atoms with Gasteiger partial charge in [0.1, 0.15) is 10.8 Å². The summed E-state index contributed by atoms with van der Waals surface area (Å²) in [6.07, 6.45) is -2.53. The number of rotatable bonds is 4. The summed E-state index contributed by atoms with van der Waals surface area (Å²) in [5, 5.41) is 21.7. The second-order valence-electron chi connectivity index (χ2n) is 6.76. The van der Waals surface area contributed by atoms with E-state index in [1.165, 1.54) is 10.7 Å². The molecular weight excluding hydrogens is 510 g/mol. The van der Waals surface area contributed by atoms with Crippen LogP contribution in [0.3, 0.4) is 0 Å². The molecule has 0 aromatic carbocycles. The minimum absolute atomic E-state index is 0.784. The van der Waals surface area contributed by atoms with Gasteiger partial charge in [0.05, 0.1) is 31.5 Å². The highest BCUT2D eigenvalue weighted by atomic mass is 32.1.